The number of rotatable bonds is 9. The number of hydrogen-bond donors (Lipinski definition) is 2. The van der Waals surface area contributed by atoms with E-state index >= 15 is 0 Å². The first kappa shape index (κ1) is 26.7. The van der Waals surface area contributed by atoms with Gasteiger partial charge in [0, 0.05) is 12.4 Å². The van der Waals surface area contributed by atoms with Crippen molar-refractivity contribution in [3.63, 3.8) is 0 Å². The fourth-order valence-corrected chi connectivity index (χ4v) is 16.2. The third kappa shape index (κ3) is 6.51. The molecule has 0 atom stereocenters. The van der Waals surface area contributed by atoms with Crippen molar-refractivity contribution in [3.05, 3.63) is 82.9 Å². The summed E-state index contributed by atoms with van der Waals surface area (Å²) in [7, 11) is 3.92. The second-order valence-electron chi connectivity index (χ2n) is 7.04. The Morgan fingerprint density at radius 2 is 1.78 bits per heavy atom. The second kappa shape index (κ2) is 12.3. The molecule has 0 fully saturated rings. The quantitative estimate of drug-likeness (QED) is 0.156. The molecule has 10 nitrogen and oxygen atoms in total. The van der Waals surface area contributed by atoms with Crippen LogP contribution in [0.15, 0.2) is 102 Å². The van der Waals surface area contributed by atoms with Crippen LogP contribution in [0.1, 0.15) is 6.92 Å². The van der Waals surface area contributed by atoms with Gasteiger partial charge < -0.3 is 0 Å². The molecule has 180 valence electrons. The number of sulfonamides is 1. The molecular weight excluding hydrogens is 729 g/mol. The molecule has 2 N–H and O–H groups in total. The van der Waals surface area contributed by atoms with E-state index in [4.69, 9.17) is 13.7 Å². The Hall–Kier alpha value is -2.32. The van der Waals surface area contributed by atoms with Gasteiger partial charge >= 0.3 is 204 Å². The van der Waals surface area contributed by atoms with Crippen molar-refractivity contribution in [2.45, 2.75) is 11.8 Å². The first-order chi connectivity index (χ1) is 17.4. The molecule has 2 heterocycles. The molecule has 0 spiro atoms. The van der Waals surface area contributed by atoms with Crippen LogP contribution in [0, 0.1) is 5.41 Å². The van der Waals surface area contributed by atoms with Crippen LogP contribution in [0.2, 0.25) is 0 Å². The van der Waals surface area contributed by atoms with Gasteiger partial charge in [-0.3, -0.25) is 0 Å². The van der Waals surface area contributed by atoms with Gasteiger partial charge in [0.1, 0.15) is 0 Å². The molecule has 0 amide bonds. The van der Waals surface area contributed by atoms with E-state index in [0.717, 1.165) is 21.9 Å². The summed E-state index contributed by atoms with van der Waals surface area (Å²) in [5, 5.41) is 19.0. The monoisotopic (exact) mass is 746 g/mol. The molecule has 4 rings (SSSR count). The second-order valence-corrected chi connectivity index (χ2v) is 22.3. The Bertz CT molecular complexity index is 1440. The van der Waals surface area contributed by atoms with E-state index < -0.39 is 31.8 Å². The van der Waals surface area contributed by atoms with Gasteiger partial charge in [-0.05, 0) is 6.07 Å². The van der Waals surface area contributed by atoms with Crippen LogP contribution < -0.4 is 9.73 Å². The fourth-order valence-electron chi connectivity index (χ4n) is 3.05. The minimum absolute atomic E-state index is 0.0113. The van der Waals surface area contributed by atoms with Gasteiger partial charge in [-0.15, -0.1) is 0 Å². The van der Waals surface area contributed by atoms with Crippen LogP contribution in [-0.4, -0.2) is 29.9 Å². The van der Waals surface area contributed by atoms with Gasteiger partial charge in [-0.25, -0.2) is 9.97 Å². The Kier molecular flexibility index (Phi) is 9.12. The molecule has 2 aromatic carbocycles. The molecule has 15 heteroatoms. The van der Waals surface area contributed by atoms with E-state index in [0.29, 0.717) is 17.0 Å². The van der Waals surface area contributed by atoms with Gasteiger partial charge in [0.2, 0.25) is 0 Å². The predicted octanol–water partition coefficient (Wildman–Crippen LogP) is 5.98. The van der Waals surface area contributed by atoms with Crippen LogP contribution >= 0.6 is 28.4 Å². The molecule has 0 saturated heterocycles. The van der Waals surface area contributed by atoms with Crippen LogP contribution in [-0.2, 0) is 31.8 Å². The number of nitrogens with zero attached hydrogens (tertiary/aromatic N) is 6. The van der Waals surface area contributed by atoms with E-state index in [1.54, 1.807) is 31.5 Å². The summed E-state index contributed by atoms with van der Waals surface area (Å²) in [6, 6.07) is 17.0. The van der Waals surface area contributed by atoms with E-state index in [-0.39, 0.29) is 16.7 Å². The van der Waals surface area contributed by atoms with E-state index in [1.165, 1.54) is 24.5 Å². The standard InChI is InChI=1S/C21H18N8O2S3.ClH.Hg/c1-14-18(19(22)29(26-14)16-6-3-2-4-7-16)20(32)33-28-25-15-8-10-17(11-9-15)34(30,31)27-21-23-12-5-13-24-21;;/h2-13,22,32H,1H3,(H,23,24,27);1H;/q;;+2/p-2/b20-18-,22-19?,28-25?;;. The number of hydrazone groups is 1. The molecular formula is C21H17ClHgN8O2S3. The molecule has 3 aromatic rings. The average Bonchev–Trinajstić information content (AvgIpc) is 3.18. The van der Waals surface area contributed by atoms with Gasteiger partial charge in [0.25, 0.3) is 0 Å². The van der Waals surface area contributed by atoms with Gasteiger partial charge in [-0.1, -0.05) is 0 Å². The number of para-hydroxylation sites is 1. The zero-order valence-corrected chi connectivity index (χ0v) is 27.4. The van der Waals surface area contributed by atoms with E-state index in [9.17, 15) is 8.42 Å². The Balaban J connectivity index is 1.48. The van der Waals surface area contributed by atoms with Gasteiger partial charge in [0.05, 0.1) is 0 Å². The number of nitrogens with one attached hydrogen (secondary N) is 2. The van der Waals surface area contributed by atoms with Crippen molar-refractivity contribution in [3.8, 4) is 0 Å². The molecule has 36 heavy (non-hydrogen) atoms. The predicted molar refractivity (Wildman–Crippen MR) is 142 cm³/mol. The third-order valence-corrected chi connectivity index (χ3v) is 17.7. The van der Waals surface area contributed by atoms with Crippen molar-refractivity contribution in [1.29, 1.82) is 5.41 Å². The first-order valence-electron chi connectivity index (χ1n) is 10.3. The fraction of sp³-hybridized carbons (Fsp3) is 0.0476. The molecule has 1 aliphatic heterocycles. The van der Waals surface area contributed by atoms with Crippen molar-refractivity contribution in [2.24, 2.45) is 14.7 Å². The average molecular weight is 746 g/mol. The third-order valence-electron chi connectivity index (χ3n) is 4.67. The Morgan fingerprint density at radius 3 is 2.44 bits per heavy atom. The summed E-state index contributed by atoms with van der Waals surface area (Å²) in [6.45, 7) is 1.85. The summed E-state index contributed by atoms with van der Waals surface area (Å²) in [5.41, 5.74) is 2.66. The van der Waals surface area contributed by atoms with Crippen LogP contribution in [0.4, 0.5) is 17.3 Å². The topological polar surface area (TPSA) is 136 Å². The number of halogens is 1. The van der Waals surface area contributed by atoms with Crippen molar-refractivity contribution < 1.29 is 30.2 Å². The number of anilines is 2. The summed E-state index contributed by atoms with van der Waals surface area (Å²) >= 11 is -0.586. The van der Waals surface area contributed by atoms with Crippen molar-refractivity contribution in [2.75, 3.05) is 9.73 Å². The van der Waals surface area contributed by atoms with Gasteiger partial charge in [-0.2, -0.15) is 0 Å². The first-order valence-corrected chi connectivity index (χ1v) is 27.0. The molecule has 0 bridgehead atoms. The van der Waals surface area contributed by atoms with Crippen molar-refractivity contribution in [1.82, 2.24) is 9.97 Å². The Morgan fingerprint density at radius 1 is 1.08 bits per heavy atom. The number of hydrogen-bond acceptors (Lipinski definition) is 10. The van der Waals surface area contributed by atoms with E-state index in [1.807, 2.05) is 37.3 Å². The summed E-state index contributed by atoms with van der Waals surface area (Å²) in [6.07, 6.45) is 2.89. The molecule has 0 unspecified atom stereocenters. The molecule has 0 radical (unpaired) electrons. The van der Waals surface area contributed by atoms with Crippen LogP contribution in [0.3, 0.4) is 0 Å². The zero-order chi connectivity index (χ0) is 25.5. The number of aromatic nitrogens is 2. The number of amidine groups is 1. The van der Waals surface area contributed by atoms with Gasteiger partial charge in [0.15, 0.2) is 0 Å². The summed E-state index contributed by atoms with van der Waals surface area (Å²) in [4.78, 5) is 7.78. The molecule has 0 aliphatic carbocycles. The zero-order valence-electron chi connectivity index (χ0n) is 18.7. The summed E-state index contributed by atoms with van der Waals surface area (Å²) in [5.74, 6) is 0.245. The summed E-state index contributed by atoms with van der Waals surface area (Å²) < 4.78 is 32.4. The SMILES string of the molecule is CC1=NN(c2ccccc2)C(=N)/C1=C(\SN=Nc1ccc(S(=O)(=O)Nc2ncccn2)cc1)[S][Hg][Cl]. The maximum atomic E-state index is 12.5. The minimum atomic E-state index is -3.83. The molecule has 0 saturated carbocycles. The molecule has 1 aliphatic rings. The molecule has 1 aromatic heterocycles. The normalized spacial score (nSPS) is 15.1. The van der Waals surface area contributed by atoms with Crippen LogP contribution in [0.5, 0.6) is 0 Å². The van der Waals surface area contributed by atoms with Crippen molar-refractivity contribution >= 4 is 67.3 Å². The Labute approximate surface area is 230 Å². The number of benzene rings is 2. The van der Waals surface area contributed by atoms with E-state index in [2.05, 4.69) is 29.4 Å². The maximum absolute atomic E-state index is 12.5. The van der Waals surface area contributed by atoms with Crippen LogP contribution in [0.25, 0.3) is 0 Å².